The van der Waals surface area contributed by atoms with Crippen molar-refractivity contribution in [3.05, 3.63) is 88.5 Å². The summed E-state index contributed by atoms with van der Waals surface area (Å²) >= 11 is 0. The second kappa shape index (κ2) is 9.49. The minimum absolute atomic E-state index is 0.00905. The van der Waals surface area contributed by atoms with Crippen molar-refractivity contribution in [3.63, 3.8) is 0 Å². The lowest BCUT2D eigenvalue weighted by atomic mass is 9.82. The molecule has 1 aliphatic rings. The number of alkyl halides is 2. The Morgan fingerprint density at radius 1 is 0.714 bits per heavy atom. The van der Waals surface area contributed by atoms with Crippen LogP contribution < -0.4 is 4.74 Å². The molecule has 0 spiro atoms. The molecule has 1 aliphatic carbocycles. The highest BCUT2D eigenvalue weighted by Crippen LogP contribution is 2.39. The second-order valence-corrected chi connectivity index (χ2v) is 8.38. The summed E-state index contributed by atoms with van der Waals surface area (Å²) in [5.41, 5.74) is -1.82. The molecule has 10 heteroatoms. The predicted octanol–water partition coefficient (Wildman–Crippen LogP) is 7.34. The van der Waals surface area contributed by atoms with E-state index in [0.29, 0.717) is 43.4 Å². The Balaban J connectivity index is 1.62. The first-order valence-corrected chi connectivity index (χ1v) is 10.6. The average molecular weight is 502 g/mol. The maximum absolute atomic E-state index is 14.8. The molecular weight excluding hydrogens is 484 g/mol. The molecule has 0 unspecified atom stereocenters. The lowest BCUT2D eigenvalue weighted by Crippen LogP contribution is -2.25. The summed E-state index contributed by atoms with van der Waals surface area (Å²) in [7, 11) is 0. The van der Waals surface area contributed by atoms with Crippen molar-refractivity contribution < 1.29 is 45.0 Å². The molecule has 1 fully saturated rings. The van der Waals surface area contributed by atoms with Gasteiger partial charge in [-0.1, -0.05) is 12.1 Å². The van der Waals surface area contributed by atoms with Gasteiger partial charge in [-0.05, 0) is 60.9 Å². The van der Waals surface area contributed by atoms with Crippen LogP contribution in [0.1, 0.15) is 42.7 Å². The summed E-state index contributed by atoms with van der Waals surface area (Å²) in [5, 5.41) is 9.61. The van der Waals surface area contributed by atoms with Gasteiger partial charge < -0.3 is 9.84 Å². The van der Waals surface area contributed by atoms with Gasteiger partial charge in [0.15, 0.2) is 17.5 Å². The first kappa shape index (κ1) is 25.0. The first-order valence-electron chi connectivity index (χ1n) is 10.6. The molecular formula is C25H18F8O2. The minimum atomic E-state index is -4.74. The van der Waals surface area contributed by atoms with E-state index in [0.717, 1.165) is 0 Å². The molecule has 186 valence electrons. The number of hydrogen-bond acceptors (Lipinski definition) is 2. The van der Waals surface area contributed by atoms with Crippen LogP contribution in [0.5, 0.6) is 5.75 Å². The molecule has 0 atom stereocenters. The number of benzene rings is 3. The number of aliphatic hydroxyl groups excluding tert-OH is 1. The van der Waals surface area contributed by atoms with Crippen LogP contribution in [-0.4, -0.2) is 11.2 Å². The van der Waals surface area contributed by atoms with Gasteiger partial charge in [0.1, 0.15) is 28.8 Å². The van der Waals surface area contributed by atoms with E-state index >= 15 is 0 Å². The molecule has 3 aromatic rings. The molecule has 3 aromatic carbocycles. The van der Waals surface area contributed by atoms with Gasteiger partial charge >= 0.3 is 6.11 Å². The Labute approximate surface area is 194 Å². The van der Waals surface area contributed by atoms with Crippen LogP contribution in [0.3, 0.4) is 0 Å². The Morgan fingerprint density at radius 3 is 1.83 bits per heavy atom. The lowest BCUT2D eigenvalue weighted by molar-refractivity contribution is -0.189. The van der Waals surface area contributed by atoms with Gasteiger partial charge in [0.2, 0.25) is 0 Å². The van der Waals surface area contributed by atoms with Crippen LogP contribution in [0.15, 0.2) is 42.5 Å². The van der Waals surface area contributed by atoms with Crippen molar-refractivity contribution in [1.82, 2.24) is 0 Å². The number of hydrogen-bond donors (Lipinski definition) is 1. The monoisotopic (exact) mass is 502 g/mol. The van der Waals surface area contributed by atoms with Crippen molar-refractivity contribution in [2.45, 2.75) is 43.8 Å². The molecule has 2 nitrogen and oxygen atoms in total. The van der Waals surface area contributed by atoms with Crippen molar-refractivity contribution >= 4 is 0 Å². The summed E-state index contributed by atoms with van der Waals surface area (Å²) in [4.78, 5) is 0. The minimum Gasteiger partial charge on any atom is -0.429 e. The van der Waals surface area contributed by atoms with Crippen LogP contribution in [-0.2, 0) is 6.11 Å². The normalized spacial score (nSPS) is 18.5. The molecule has 0 heterocycles. The zero-order valence-electron chi connectivity index (χ0n) is 17.9. The standard InChI is InChI=1S/C25H18F8O2/c26-18-7-13(12-1-4-15(34)5-2-12)3-6-17(18)14-8-19(27)23(20(28)9-14)25(32,33)35-16-10-21(29)24(31)22(30)11-16/h3,6-12,15,34H,1-2,4-5H2. The van der Waals surface area contributed by atoms with E-state index in [-0.39, 0.29) is 29.2 Å². The fourth-order valence-electron chi connectivity index (χ4n) is 4.23. The molecule has 0 radical (unpaired) electrons. The van der Waals surface area contributed by atoms with Gasteiger partial charge in [-0.2, -0.15) is 8.78 Å². The number of halogens is 8. The van der Waals surface area contributed by atoms with Gasteiger partial charge in [-0.3, -0.25) is 0 Å². The maximum Gasteiger partial charge on any atom is 0.432 e. The van der Waals surface area contributed by atoms with Gasteiger partial charge in [0.05, 0.1) is 6.10 Å². The molecule has 1 N–H and O–H groups in total. The highest BCUT2D eigenvalue weighted by molar-refractivity contribution is 5.65. The first-order chi connectivity index (χ1) is 16.5. The van der Waals surface area contributed by atoms with Crippen molar-refractivity contribution in [2.24, 2.45) is 0 Å². The summed E-state index contributed by atoms with van der Waals surface area (Å²) in [6, 6.07) is 5.22. The van der Waals surface area contributed by atoms with Crippen LogP contribution in [0.25, 0.3) is 11.1 Å². The molecule has 0 aromatic heterocycles. The zero-order valence-corrected chi connectivity index (χ0v) is 17.9. The topological polar surface area (TPSA) is 29.5 Å². The van der Waals surface area contributed by atoms with Gasteiger partial charge in [-0.15, -0.1) is 0 Å². The quantitative estimate of drug-likeness (QED) is 0.292. The SMILES string of the molecule is OC1CCC(c2ccc(-c3cc(F)c(C(F)(F)Oc4cc(F)c(F)c(F)c4)c(F)c3)c(F)c2)CC1. The summed E-state index contributed by atoms with van der Waals surface area (Å²) in [6.07, 6.45) is -2.71. The molecule has 35 heavy (non-hydrogen) atoms. The van der Waals surface area contributed by atoms with Gasteiger partial charge in [0.25, 0.3) is 0 Å². The van der Waals surface area contributed by atoms with E-state index in [4.69, 9.17) is 0 Å². The van der Waals surface area contributed by atoms with Crippen LogP contribution in [0.2, 0.25) is 0 Å². The Morgan fingerprint density at radius 2 is 1.29 bits per heavy atom. The molecule has 0 amide bonds. The number of rotatable bonds is 5. The largest absolute Gasteiger partial charge is 0.432 e. The van der Waals surface area contributed by atoms with E-state index in [2.05, 4.69) is 4.74 Å². The molecule has 0 saturated heterocycles. The third kappa shape index (κ3) is 5.12. The fraction of sp³-hybridized carbons (Fsp3) is 0.280. The Bertz CT molecular complexity index is 1210. The molecule has 0 bridgehead atoms. The van der Waals surface area contributed by atoms with E-state index in [1.165, 1.54) is 12.1 Å². The third-order valence-corrected chi connectivity index (χ3v) is 6.01. The predicted molar refractivity (Wildman–Crippen MR) is 110 cm³/mol. The summed E-state index contributed by atoms with van der Waals surface area (Å²) in [6.45, 7) is 0. The lowest BCUT2D eigenvalue weighted by Gasteiger charge is -2.26. The third-order valence-electron chi connectivity index (χ3n) is 6.01. The van der Waals surface area contributed by atoms with Gasteiger partial charge in [0, 0.05) is 17.7 Å². The van der Waals surface area contributed by atoms with Crippen LogP contribution in [0.4, 0.5) is 35.1 Å². The van der Waals surface area contributed by atoms with Crippen LogP contribution >= 0.6 is 0 Å². The van der Waals surface area contributed by atoms with E-state index < -0.39 is 58.4 Å². The van der Waals surface area contributed by atoms with E-state index in [1.54, 1.807) is 6.07 Å². The molecule has 1 saturated carbocycles. The Hall–Kier alpha value is -3.14. The summed E-state index contributed by atoms with van der Waals surface area (Å²) < 4.78 is 117. The average Bonchev–Trinajstić information content (AvgIpc) is 2.76. The van der Waals surface area contributed by atoms with Gasteiger partial charge in [-0.25, -0.2) is 26.3 Å². The zero-order chi connectivity index (χ0) is 25.5. The highest BCUT2D eigenvalue weighted by atomic mass is 19.3. The highest BCUT2D eigenvalue weighted by Gasteiger charge is 2.41. The van der Waals surface area contributed by atoms with E-state index in [1.807, 2.05) is 0 Å². The number of ether oxygens (including phenoxy) is 1. The maximum atomic E-state index is 14.8. The summed E-state index contributed by atoms with van der Waals surface area (Å²) in [5.74, 6) is -11.2. The van der Waals surface area contributed by atoms with Crippen LogP contribution in [0, 0.1) is 34.9 Å². The Kier molecular flexibility index (Phi) is 6.77. The molecule has 4 rings (SSSR count). The van der Waals surface area contributed by atoms with Crippen molar-refractivity contribution in [3.8, 4) is 16.9 Å². The number of aliphatic hydroxyl groups is 1. The smallest absolute Gasteiger partial charge is 0.429 e. The molecule has 0 aliphatic heterocycles. The van der Waals surface area contributed by atoms with Crippen molar-refractivity contribution in [2.75, 3.05) is 0 Å². The van der Waals surface area contributed by atoms with E-state index in [9.17, 15) is 40.2 Å². The fourth-order valence-corrected chi connectivity index (χ4v) is 4.23. The second-order valence-electron chi connectivity index (χ2n) is 8.38. The van der Waals surface area contributed by atoms with Crippen molar-refractivity contribution in [1.29, 1.82) is 0 Å².